The Hall–Kier alpha value is -2.61. The van der Waals surface area contributed by atoms with Gasteiger partial charge in [-0.3, -0.25) is 0 Å². The van der Waals surface area contributed by atoms with Crippen molar-refractivity contribution in [3.63, 3.8) is 0 Å². The molecule has 0 N–H and O–H groups in total. The summed E-state index contributed by atoms with van der Waals surface area (Å²) in [5.74, 6) is 1.47. The van der Waals surface area contributed by atoms with Gasteiger partial charge in [0, 0.05) is 26.3 Å². The molecule has 34 heavy (non-hydrogen) atoms. The number of hydrogen-bond donors (Lipinski definition) is 0. The van der Waals surface area contributed by atoms with Crippen LogP contribution in [0.25, 0.3) is 5.59 Å². The van der Waals surface area contributed by atoms with Crippen LogP contribution >= 0.6 is 7.92 Å². The summed E-state index contributed by atoms with van der Waals surface area (Å²) in [6.45, 7) is 11.0. The Labute approximate surface area is 220 Å². The Morgan fingerprint density at radius 2 is 0.765 bits per heavy atom. The van der Waals surface area contributed by atoms with E-state index < -0.39 is 7.92 Å². The third kappa shape index (κ3) is 8.31. The van der Waals surface area contributed by atoms with Crippen molar-refractivity contribution in [1.82, 2.24) is 0 Å². The van der Waals surface area contributed by atoms with E-state index in [1.807, 2.05) is 0 Å². The molecule has 1 aliphatic carbocycles. The summed E-state index contributed by atoms with van der Waals surface area (Å²) in [5, 5.41) is 4.19. The smallest absolute Gasteiger partial charge is 0.0226 e. The van der Waals surface area contributed by atoms with Crippen LogP contribution in [0.3, 0.4) is 0 Å². The van der Waals surface area contributed by atoms with E-state index in [1.54, 1.807) is 0 Å². The first kappa shape index (κ1) is 31.4. The second kappa shape index (κ2) is 16.9. The van der Waals surface area contributed by atoms with E-state index in [-0.39, 0.29) is 20.4 Å². The van der Waals surface area contributed by atoms with E-state index in [0.717, 1.165) is 0 Å². The SMILES string of the molecule is C[C]1C(C)=C(C)C(C)=C1C.[C-]#C.[N-]=O.[Re].c1ccc(P(c2ccccc2)c2ccccc2)cc1. The molecule has 0 amide bonds. The molecule has 0 saturated carbocycles. The number of benzene rings is 3. The monoisotopic (exact) mass is 639 g/mol. The van der Waals surface area contributed by atoms with Gasteiger partial charge < -0.3 is 23.3 Å². The van der Waals surface area contributed by atoms with Crippen LogP contribution in [-0.4, -0.2) is 0 Å². The Balaban J connectivity index is 0.000000620. The summed E-state index contributed by atoms with van der Waals surface area (Å²) in [7, 11) is -0.446. The molecule has 0 atom stereocenters. The molecule has 3 aromatic rings. The normalized spacial score (nSPS) is 12.4. The maximum Gasteiger partial charge on any atom is 0.0226 e. The number of terminal acetylenes is 1. The van der Waals surface area contributed by atoms with Crippen LogP contribution in [0, 0.1) is 23.7 Å². The molecular formula is C30H31NOPRe-2. The van der Waals surface area contributed by atoms with Crippen LogP contribution in [0.15, 0.2) is 113 Å². The maximum absolute atomic E-state index is 7.25. The molecular weight excluding hydrogens is 608 g/mol. The van der Waals surface area contributed by atoms with Gasteiger partial charge in [-0.15, -0.1) is 0 Å². The van der Waals surface area contributed by atoms with E-state index >= 15 is 0 Å². The molecule has 0 aromatic heterocycles. The third-order valence-corrected chi connectivity index (χ3v) is 8.30. The summed E-state index contributed by atoms with van der Waals surface area (Å²) in [4.78, 5) is 7.25. The Kier molecular flexibility index (Phi) is 15.6. The van der Waals surface area contributed by atoms with Crippen LogP contribution in [-0.2, 0) is 20.4 Å². The zero-order valence-corrected chi connectivity index (χ0v) is 24.0. The second-order valence-corrected chi connectivity index (χ2v) is 9.69. The summed E-state index contributed by atoms with van der Waals surface area (Å²) < 4.78 is 0. The molecule has 4 heteroatoms. The minimum absolute atomic E-state index is 0. The van der Waals surface area contributed by atoms with Crippen molar-refractivity contribution in [2.24, 2.45) is 0 Å². The molecule has 176 valence electrons. The molecule has 3 aromatic carbocycles. The zero-order valence-electron chi connectivity index (χ0n) is 20.4. The maximum atomic E-state index is 7.25. The van der Waals surface area contributed by atoms with Gasteiger partial charge in [0.2, 0.25) is 0 Å². The molecule has 1 aliphatic rings. The van der Waals surface area contributed by atoms with Crippen LogP contribution < -0.4 is 15.9 Å². The molecule has 0 unspecified atom stereocenters. The van der Waals surface area contributed by atoms with Crippen molar-refractivity contribution >= 4 is 23.8 Å². The molecule has 4 rings (SSSR count). The first-order chi connectivity index (χ1) is 16.0. The van der Waals surface area contributed by atoms with Crippen molar-refractivity contribution in [2.75, 3.05) is 0 Å². The Bertz CT molecular complexity index is 942. The molecule has 2 radical (unpaired) electrons. The zero-order chi connectivity index (χ0) is 24.8. The van der Waals surface area contributed by atoms with Gasteiger partial charge in [-0.05, 0) is 62.7 Å². The van der Waals surface area contributed by atoms with E-state index in [1.165, 1.54) is 44.1 Å². The first-order valence-electron chi connectivity index (χ1n) is 10.6. The number of nitroso groups, excluding NO2 is 1. The fourth-order valence-electron chi connectivity index (χ4n) is 3.58. The Morgan fingerprint density at radius 3 is 0.941 bits per heavy atom. The van der Waals surface area contributed by atoms with Crippen molar-refractivity contribution in [1.29, 1.82) is 0 Å². The average Bonchev–Trinajstić information content (AvgIpc) is 3.06. The number of rotatable bonds is 3. The molecule has 2 nitrogen and oxygen atoms in total. The van der Waals surface area contributed by atoms with Gasteiger partial charge in [-0.25, -0.2) is 0 Å². The summed E-state index contributed by atoms with van der Waals surface area (Å²) >= 11 is 0. The predicted molar refractivity (Wildman–Crippen MR) is 146 cm³/mol. The van der Waals surface area contributed by atoms with Gasteiger partial charge in [-0.1, -0.05) is 109 Å². The van der Waals surface area contributed by atoms with Crippen LogP contribution in [0.2, 0.25) is 0 Å². The van der Waals surface area contributed by atoms with Crippen molar-refractivity contribution in [3.05, 3.63) is 136 Å². The molecule has 0 heterocycles. The quantitative estimate of drug-likeness (QED) is 0.170. The standard InChI is InChI=1S/C18H15P.C10H15.C2H.NO.Re/c1-4-10-16(11-5-1)19(17-12-6-2-7-13-17)18-14-8-3-9-15-18;1-6-7(2)9(4)10(5)8(6)3;2*1-2;/h1-15H;1-5H3;1H;;/q;;2*-1;. The minimum atomic E-state index is -0.446. The second-order valence-electron chi connectivity index (χ2n) is 7.47. The van der Waals surface area contributed by atoms with Gasteiger partial charge in [0.05, 0.1) is 0 Å². The molecule has 0 fully saturated rings. The first-order valence-corrected chi connectivity index (χ1v) is 12.0. The Morgan fingerprint density at radius 1 is 0.529 bits per heavy atom. The van der Waals surface area contributed by atoms with Crippen molar-refractivity contribution in [2.45, 2.75) is 34.6 Å². The summed E-state index contributed by atoms with van der Waals surface area (Å²) in [6.07, 6.45) is 9.00. The van der Waals surface area contributed by atoms with E-state index in [4.69, 9.17) is 16.9 Å². The predicted octanol–water partition coefficient (Wildman–Crippen LogP) is 7.24. The van der Waals surface area contributed by atoms with E-state index in [9.17, 15) is 0 Å². The van der Waals surface area contributed by atoms with Crippen molar-refractivity contribution < 1.29 is 20.4 Å². The summed E-state index contributed by atoms with van der Waals surface area (Å²) in [6, 6.07) is 32.3. The van der Waals surface area contributed by atoms with Crippen molar-refractivity contribution in [3.8, 4) is 6.42 Å². The topological polar surface area (TPSA) is 39.4 Å². The molecule has 0 spiro atoms. The molecule has 0 aliphatic heterocycles. The fourth-order valence-corrected chi connectivity index (χ4v) is 5.89. The van der Waals surface area contributed by atoms with E-state index in [0.29, 0.717) is 0 Å². The molecule has 0 saturated heterocycles. The largest absolute Gasteiger partial charge is 0.697 e. The number of hydrogen-bond acceptors (Lipinski definition) is 1. The van der Waals surface area contributed by atoms with Crippen LogP contribution in [0.1, 0.15) is 34.6 Å². The molecule has 0 bridgehead atoms. The number of allylic oxidation sites excluding steroid dienone is 4. The fraction of sp³-hybridized carbons (Fsp3) is 0.167. The number of nitrogens with zero attached hydrogens (tertiary/aromatic N) is 1. The van der Waals surface area contributed by atoms with Crippen LogP contribution in [0.5, 0.6) is 0 Å². The minimum Gasteiger partial charge on any atom is -0.697 e. The van der Waals surface area contributed by atoms with Gasteiger partial charge in [0.25, 0.3) is 0 Å². The van der Waals surface area contributed by atoms with Gasteiger partial charge >= 0.3 is 0 Å². The van der Waals surface area contributed by atoms with Gasteiger partial charge in [-0.2, -0.15) is 0 Å². The third-order valence-electron chi connectivity index (χ3n) is 5.86. The van der Waals surface area contributed by atoms with E-state index in [2.05, 4.69) is 132 Å². The summed E-state index contributed by atoms with van der Waals surface area (Å²) in [5.41, 5.74) is 11.6. The van der Waals surface area contributed by atoms with Crippen LogP contribution in [0.4, 0.5) is 0 Å². The average molecular weight is 639 g/mol. The van der Waals surface area contributed by atoms with Gasteiger partial charge in [0.1, 0.15) is 0 Å². The van der Waals surface area contributed by atoms with Gasteiger partial charge in [0.15, 0.2) is 0 Å².